The van der Waals surface area contributed by atoms with Gasteiger partial charge in [0.1, 0.15) is 5.69 Å². The van der Waals surface area contributed by atoms with Gasteiger partial charge in [-0.15, -0.1) is 0 Å². The Morgan fingerprint density at radius 1 is 1.26 bits per heavy atom. The van der Waals surface area contributed by atoms with Crippen molar-refractivity contribution in [3.8, 4) is 11.3 Å². The number of pyridine rings is 1. The van der Waals surface area contributed by atoms with Crippen molar-refractivity contribution in [1.29, 1.82) is 0 Å². The lowest BCUT2D eigenvalue weighted by Gasteiger charge is -2.14. The summed E-state index contributed by atoms with van der Waals surface area (Å²) in [5.74, 6) is 0.303. The third-order valence-electron chi connectivity index (χ3n) is 4.20. The third kappa shape index (κ3) is 2.61. The van der Waals surface area contributed by atoms with E-state index in [0.717, 1.165) is 29.9 Å². The van der Waals surface area contributed by atoms with Crippen molar-refractivity contribution in [1.82, 2.24) is 30.3 Å². The lowest BCUT2D eigenvalue weighted by atomic mass is 10.1. The fraction of sp³-hybridized carbons (Fsp3) is 0.250. The topological polar surface area (TPSA) is 90.6 Å². The van der Waals surface area contributed by atoms with Gasteiger partial charge in [-0.2, -0.15) is 10.2 Å². The highest BCUT2D eigenvalue weighted by molar-refractivity contribution is 5.93. The number of H-pyrrole nitrogens is 2. The Kier molecular flexibility index (Phi) is 3.38. The maximum absolute atomic E-state index is 12.6. The number of likely N-dealkylation sites (tertiary alicyclic amines) is 1. The highest BCUT2D eigenvalue weighted by Gasteiger charge is 2.29. The number of hydrogen-bond acceptors (Lipinski definition) is 4. The van der Waals surface area contributed by atoms with E-state index in [0.29, 0.717) is 18.2 Å². The van der Waals surface area contributed by atoms with E-state index in [-0.39, 0.29) is 5.91 Å². The highest BCUT2D eigenvalue weighted by atomic mass is 16.2. The van der Waals surface area contributed by atoms with Crippen molar-refractivity contribution >= 4 is 5.91 Å². The number of rotatable bonds is 3. The van der Waals surface area contributed by atoms with Crippen LogP contribution < -0.4 is 0 Å². The van der Waals surface area contributed by atoms with E-state index in [1.165, 1.54) is 0 Å². The molecule has 0 bridgehead atoms. The van der Waals surface area contributed by atoms with Crippen LogP contribution in [0.2, 0.25) is 0 Å². The Labute approximate surface area is 132 Å². The summed E-state index contributed by atoms with van der Waals surface area (Å²) in [7, 11) is 0. The zero-order chi connectivity index (χ0) is 15.6. The average molecular weight is 308 g/mol. The van der Waals surface area contributed by atoms with Crippen molar-refractivity contribution in [3.63, 3.8) is 0 Å². The van der Waals surface area contributed by atoms with Gasteiger partial charge < -0.3 is 4.90 Å². The highest BCUT2D eigenvalue weighted by Crippen LogP contribution is 2.27. The minimum Gasteiger partial charge on any atom is -0.337 e. The van der Waals surface area contributed by atoms with Crippen LogP contribution in [0.3, 0.4) is 0 Å². The molecule has 4 heterocycles. The first-order valence-electron chi connectivity index (χ1n) is 7.55. The van der Waals surface area contributed by atoms with Crippen molar-refractivity contribution in [3.05, 3.63) is 54.2 Å². The molecule has 116 valence electrons. The van der Waals surface area contributed by atoms with Gasteiger partial charge in [-0.25, -0.2) is 0 Å². The molecule has 0 aliphatic carbocycles. The number of amides is 1. The average Bonchev–Trinajstić information content (AvgIpc) is 3.35. The van der Waals surface area contributed by atoms with Crippen LogP contribution in [-0.4, -0.2) is 49.3 Å². The van der Waals surface area contributed by atoms with E-state index in [4.69, 9.17) is 0 Å². The summed E-state index contributed by atoms with van der Waals surface area (Å²) >= 11 is 0. The Bertz CT molecular complexity index is 795. The molecule has 2 N–H and O–H groups in total. The standard InChI is InChI=1S/C16H16N6O/c23-16(22-7-4-12(10-22)13-3-6-18-19-13)15-8-14(20-21-15)11-2-1-5-17-9-11/h1-3,5-6,8-9,12H,4,7,10H2,(H,18,19)(H,20,21)/t12-/m1/s1. The van der Waals surface area contributed by atoms with Crippen LogP contribution in [0.1, 0.15) is 28.5 Å². The number of nitrogens with zero attached hydrogens (tertiary/aromatic N) is 4. The lowest BCUT2D eigenvalue weighted by molar-refractivity contribution is 0.0785. The molecule has 0 unspecified atom stereocenters. The first kappa shape index (κ1) is 13.7. The first-order chi connectivity index (χ1) is 11.3. The van der Waals surface area contributed by atoms with Gasteiger partial charge in [-0.1, -0.05) is 0 Å². The van der Waals surface area contributed by atoms with Crippen molar-refractivity contribution in [2.45, 2.75) is 12.3 Å². The van der Waals surface area contributed by atoms with Crippen LogP contribution in [0.5, 0.6) is 0 Å². The monoisotopic (exact) mass is 308 g/mol. The molecular formula is C16H16N6O. The third-order valence-corrected chi connectivity index (χ3v) is 4.20. The maximum atomic E-state index is 12.6. The quantitative estimate of drug-likeness (QED) is 0.772. The minimum atomic E-state index is -0.0188. The number of aromatic amines is 2. The molecule has 3 aromatic heterocycles. The molecule has 1 fully saturated rings. The molecule has 4 rings (SSSR count). The second-order valence-corrected chi connectivity index (χ2v) is 5.66. The van der Waals surface area contributed by atoms with E-state index in [2.05, 4.69) is 25.4 Å². The molecule has 0 aromatic carbocycles. The van der Waals surface area contributed by atoms with Crippen molar-refractivity contribution in [2.75, 3.05) is 13.1 Å². The second-order valence-electron chi connectivity index (χ2n) is 5.66. The summed E-state index contributed by atoms with van der Waals surface area (Å²) in [5.41, 5.74) is 3.21. The molecule has 7 nitrogen and oxygen atoms in total. The van der Waals surface area contributed by atoms with Gasteiger partial charge in [-0.3, -0.25) is 20.0 Å². The number of carbonyl (C=O) groups excluding carboxylic acids is 1. The van der Waals surface area contributed by atoms with E-state index in [1.54, 1.807) is 24.7 Å². The molecule has 0 saturated carbocycles. The van der Waals surface area contributed by atoms with Crippen LogP contribution in [-0.2, 0) is 0 Å². The summed E-state index contributed by atoms with van der Waals surface area (Å²) in [6, 6.07) is 7.51. The number of carbonyl (C=O) groups is 1. The van der Waals surface area contributed by atoms with E-state index in [9.17, 15) is 4.79 Å². The molecule has 7 heteroatoms. The summed E-state index contributed by atoms with van der Waals surface area (Å²) < 4.78 is 0. The molecule has 0 radical (unpaired) electrons. The van der Waals surface area contributed by atoms with E-state index in [1.807, 2.05) is 23.1 Å². The van der Waals surface area contributed by atoms with E-state index >= 15 is 0 Å². The maximum Gasteiger partial charge on any atom is 0.271 e. The van der Waals surface area contributed by atoms with Crippen LogP contribution in [0.25, 0.3) is 11.3 Å². The Morgan fingerprint density at radius 2 is 2.22 bits per heavy atom. The summed E-state index contributed by atoms with van der Waals surface area (Å²) in [5, 5.41) is 14.0. The molecule has 3 aromatic rings. The Morgan fingerprint density at radius 3 is 3.00 bits per heavy atom. The zero-order valence-corrected chi connectivity index (χ0v) is 12.4. The summed E-state index contributed by atoms with van der Waals surface area (Å²) in [6.45, 7) is 1.44. The molecule has 23 heavy (non-hydrogen) atoms. The summed E-state index contributed by atoms with van der Waals surface area (Å²) in [4.78, 5) is 18.5. The number of aromatic nitrogens is 5. The number of hydrogen-bond donors (Lipinski definition) is 2. The van der Waals surface area contributed by atoms with Gasteiger partial charge >= 0.3 is 0 Å². The van der Waals surface area contributed by atoms with Gasteiger partial charge in [0.2, 0.25) is 0 Å². The van der Waals surface area contributed by atoms with Crippen molar-refractivity contribution < 1.29 is 4.79 Å². The predicted molar refractivity (Wildman–Crippen MR) is 83.7 cm³/mol. The van der Waals surface area contributed by atoms with Gasteiger partial charge in [0.25, 0.3) is 5.91 Å². The molecular weight excluding hydrogens is 292 g/mol. The smallest absolute Gasteiger partial charge is 0.271 e. The largest absolute Gasteiger partial charge is 0.337 e. The van der Waals surface area contributed by atoms with Gasteiger partial charge in [-0.05, 0) is 30.7 Å². The SMILES string of the molecule is O=C(c1cc(-c2cccnc2)n[nH]1)N1CC[C@@H](c2ccn[nH]2)C1. The van der Waals surface area contributed by atoms with Crippen LogP contribution in [0, 0.1) is 0 Å². The fourth-order valence-corrected chi connectivity index (χ4v) is 2.96. The molecule has 0 spiro atoms. The molecule has 1 aliphatic rings. The van der Waals surface area contributed by atoms with Gasteiger partial charge in [0.15, 0.2) is 0 Å². The Hall–Kier alpha value is -2.96. The lowest BCUT2D eigenvalue weighted by Crippen LogP contribution is -2.28. The first-order valence-corrected chi connectivity index (χ1v) is 7.55. The van der Waals surface area contributed by atoms with Crippen LogP contribution in [0.4, 0.5) is 0 Å². The number of nitrogens with one attached hydrogen (secondary N) is 2. The fourth-order valence-electron chi connectivity index (χ4n) is 2.96. The van der Waals surface area contributed by atoms with E-state index < -0.39 is 0 Å². The molecule has 1 saturated heterocycles. The molecule has 1 aliphatic heterocycles. The Balaban J connectivity index is 1.49. The predicted octanol–water partition coefficient (Wildman–Crippen LogP) is 1.82. The molecule has 1 amide bonds. The molecule has 1 atom stereocenters. The second kappa shape index (κ2) is 5.68. The van der Waals surface area contributed by atoms with Crippen LogP contribution >= 0.6 is 0 Å². The van der Waals surface area contributed by atoms with Gasteiger partial charge in [0, 0.05) is 48.9 Å². The normalized spacial score (nSPS) is 17.6. The van der Waals surface area contributed by atoms with Gasteiger partial charge in [0.05, 0.1) is 5.69 Å². The zero-order valence-electron chi connectivity index (χ0n) is 12.4. The minimum absolute atomic E-state index is 0.0188. The summed E-state index contributed by atoms with van der Waals surface area (Å²) in [6.07, 6.45) is 6.13. The van der Waals surface area contributed by atoms with Crippen LogP contribution in [0.15, 0.2) is 42.9 Å². The van der Waals surface area contributed by atoms with Crippen molar-refractivity contribution in [2.24, 2.45) is 0 Å².